The maximum absolute atomic E-state index is 14.9. The third kappa shape index (κ3) is 4.86. The maximum Gasteiger partial charge on any atom is 0.435 e. The first-order chi connectivity index (χ1) is 19.1. The number of rotatable bonds is 5. The highest BCUT2D eigenvalue weighted by atomic mass is 127. The molecule has 0 bridgehead atoms. The van der Waals surface area contributed by atoms with Crippen LogP contribution in [0.4, 0.5) is 43.9 Å². The number of carbonyl (C=O) groups is 1. The van der Waals surface area contributed by atoms with E-state index in [4.69, 9.17) is 0 Å². The lowest BCUT2D eigenvalue weighted by Gasteiger charge is -2.43. The number of aliphatic hydroxyl groups is 1. The van der Waals surface area contributed by atoms with Crippen molar-refractivity contribution in [3.63, 3.8) is 0 Å². The van der Waals surface area contributed by atoms with Crippen molar-refractivity contribution >= 4 is 38.3 Å². The number of carbonyl (C=O) groups excluding carboxylic acids is 1. The Labute approximate surface area is 245 Å². The first-order valence-electron chi connectivity index (χ1n) is 12.1. The van der Waals surface area contributed by atoms with Gasteiger partial charge in [0.25, 0.3) is 0 Å². The smallest absolute Gasteiger partial charge is 0.395 e. The molecule has 1 heterocycles. The molecule has 1 N–H and O–H groups in total. The second kappa shape index (κ2) is 10.5. The standard InChI is InChI=1S/C25H20F10INO4S/c26-22(24(30,31)32,25(33,34)35)14-2-7-17-13(11-14)1-8-19-21(17,42(40,41)16-5-3-15(36)4-6-16)9-10-37(19)20(39)18(12-38)23(27,28)29/h2-7,11,18-19,38H,1,8-10,12H2/t18?,19-,21-/m1/s1. The number of hydrogen-bond donors (Lipinski definition) is 1. The van der Waals surface area contributed by atoms with Gasteiger partial charge in [-0.15, -0.1) is 0 Å². The summed E-state index contributed by atoms with van der Waals surface area (Å²) in [6.45, 7) is -2.23. The van der Waals surface area contributed by atoms with E-state index in [-0.39, 0.29) is 22.6 Å². The van der Waals surface area contributed by atoms with Crippen molar-refractivity contribution in [1.29, 1.82) is 0 Å². The van der Waals surface area contributed by atoms with Gasteiger partial charge in [-0.3, -0.25) is 4.79 Å². The monoisotopic (exact) mass is 747 g/mol. The van der Waals surface area contributed by atoms with Gasteiger partial charge in [-0.25, -0.2) is 12.8 Å². The summed E-state index contributed by atoms with van der Waals surface area (Å²) in [6, 6.07) is 4.61. The third-order valence-electron chi connectivity index (χ3n) is 7.83. The van der Waals surface area contributed by atoms with Crippen LogP contribution < -0.4 is 0 Å². The van der Waals surface area contributed by atoms with Crippen LogP contribution >= 0.6 is 22.6 Å². The molecule has 2 aliphatic rings. The molecule has 0 radical (unpaired) electrons. The molecule has 4 rings (SSSR count). The van der Waals surface area contributed by atoms with E-state index >= 15 is 0 Å². The largest absolute Gasteiger partial charge is 0.435 e. The summed E-state index contributed by atoms with van der Waals surface area (Å²) in [6.07, 6.45) is -19.6. The fraction of sp³-hybridized carbons (Fsp3) is 0.480. The van der Waals surface area contributed by atoms with Crippen LogP contribution in [0.1, 0.15) is 29.5 Å². The van der Waals surface area contributed by atoms with E-state index in [1.807, 2.05) is 22.6 Å². The van der Waals surface area contributed by atoms with E-state index in [1.165, 1.54) is 24.3 Å². The third-order valence-corrected chi connectivity index (χ3v) is 11.1. The van der Waals surface area contributed by atoms with E-state index in [0.717, 1.165) is 0 Å². The van der Waals surface area contributed by atoms with Crippen molar-refractivity contribution in [2.45, 2.75) is 59.1 Å². The van der Waals surface area contributed by atoms with E-state index in [0.29, 0.717) is 14.5 Å². The van der Waals surface area contributed by atoms with Crippen LogP contribution in [0.15, 0.2) is 47.4 Å². The number of hydrogen-bond acceptors (Lipinski definition) is 4. The topological polar surface area (TPSA) is 74.7 Å². The molecule has 1 fully saturated rings. The zero-order chi connectivity index (χ0) is 31.7. The average molecular weight is 747 g/mol. The van der Waals surface area contributed by atoms with Crippen molar-refractivity contribution in [3.05, 3.63) is 62.7 Å². The molecule has 232 valence electrons. The van der Waals surface area contributed by atoms with Crippen LogP contribution in [-0.4, -0.2) is 62.1 Å². The van der Waals surface area contributed by atoms with Crippen LogP contribution in [-0.2, 0) is 31.5 Å². The highest BCUT2D eigenvalue weighted by Crippen LogP contribution is 2.57. The highest BCUT2D eigenvalue weighted by molar-refractivity contribution is 14.1. The number of alkyl halides is 10. The molecule has 2 aromatic rings. The van der Waals surface area contributed by atoms with E-state index in [2.05, 4.69) is 0 Å². The molecule has 1 saturated heterocycles. The van der Waals surface area contributed by atoms with Gasteiger partial charge < -0.3 is 10.0 Å². The van der Waals surface area contributed by atoms with Crippen molar-refractivity contribution < 1.29 is 62.2 Å². The fourth-order valence-corrected chi connectivity index (χ4v) is 8.57. The predicted octanol–water partition coefficient (Wildman–Crippen LogP) is 5.97. The number of fused-ring (bicyclic) bond motifs is 3. The Kier molecular flexibility index (Phi) is 8.18. The second-order valence-corrected chi connectivity index (χ2v) is 13.4. The van der Waals surface area contributed by atoms with Crippen LogP contribution in [0.5, 0.6) is 0 Å². The minimum atomic E-state index is -6.44. The van der Waals surface area contributed by atoms with Crippen LogP contribution in [0.2, 0.25) is 0 Å². The van der Waals surface area contributed by atoms with Gasteiger partial charge in [-0.1, -0.05) is 18.2 Å². The number of aryl methyl sites for hydroxylation is 1. The molecule has 0 spiro atoms. The number of likely N-dealkylation sites (tertiary alicyclic amines) is 1. The Bertz CT molecular complexity index is 1460. The lowest BCUT2D eigenvalue weighted by atomic mass is 9.76. The number of benzene rings is 2. The Balaban J connectivity index is 1.95. The minimum Gasteiger partial charge on any atom is -0.395 e. The molecule has 1 amide bonds. The normalized spacial score (nSPS) is 22.5. The lowest BCUT2D eigenvalue weighted by Crippen LogP contribution is -2.55. The van der Waals surface area contributed by atoms with Crippen molar-refractivity contribution in [2.24, 2.45) is 5.92 Å². The van der Waals surface area contributed by atoms with E-state index in [9.17, 15) is 62.2 Å². The van der Waals surface area contributed by atoms with Gasteiger partial charge in [0.1, 0.15) is 4.75 Å². The Morgan fingerprint density at radius 3 is 2.05 bits per heavy atom. The maximum atomic E-state index is 14.9. The zero-order valence-electron chi connectivity index (χ0n) is 20.9. The molecule has 2 aromatic carbocycles. The molecule has 42 heavy (non-hydrogen) atoms. The summed E-state index contributed by atoms with van der Waals surface area (Å²) in [5, 5.41) is 9.31. The predicted molar refractivity (Wildman–Crippen MR) is 134 cm³/mol. The summed E-state index contributed by atoms with van der Waals surface area (Å²) in [5.41, 5.74) is -8.38. The van der Waals surface area contributed by atoms with Crippen LogP contribution in [0, 0.1) is 9.49 Å². The van der Waals surface area contributed by atoms with Crippen LogP contribution in [0.25, 0.3) is 0 Å². The van der Waals surface area contributed by atoms with Gasteiger partial charge in [-0.05, 0) is 77.2 Å². The van der Waals surface area contributed by atoms with Crippen molar-refractivity contribution in [1.82, 2.24) is 4.90 Å². The lowest BCUT2D eigenvalue weighted by molar-refractivity contribution is -0.348. The zero-order valence-corrected chi connectivity index (χ0v) is 23.9. The van der Waals surface area contributed by atoms with E-state index < -0.39 is 100 Å². The summed E-state index contributed by atoms with van der Waals surface area (Å²) >= 11 is 1.87. The SMILES string of the molecule is O=C(C(CO)C(F)(F)F)N1CC[C@@]2(S(=O)(=O)c3ccc(I)cc3)c3ccc(C(F)(C(F)(F)F)C(F)(F)F)cc3CC[C@@H]12. The number of sulfone groups is 1. The fourth-order valence-electron chi connectivity index (χ4n) is 5.84. The summed E-state index contributed by atoms with van der Waals surface area (Å²) in [7, 11) is -4.71. The van der Waals surface area contributed by atoms with Crippen molar-refractivity contribution in [2.75, 3.05) is 13.2 Å². The second-order valence-electron chi connectivity index (χ2n) is 9.99. The summed E-state index contributed by atoms with van der Waals surface area (Å²) in [4.78, 5) is 13.3. The molecule has 1 aliphatic carbocycles. The molecule has 17 heteroatoms. The molecule has 3 atom stereocenters. The van der Waals surface area contributed by atoms with Gasteiger partial charge in [0.2, 0.25) is 5.91 Å². The summed E-state index contributed by atoms with van der Waals surface area (Å²) in [5.74, 6) is -4.53. The quantitative estimate of drug-likeness (QED) is 0.303. The molecule has 1 aliphatic heterocycles. The Hall–Kier alpha value is -2.15. The molecular weight excluding hydrogens is 727 g/mol. The van der Waals surface area contributed by atoms with Gasteiger partial charge in [0, 0.05) is 15.7 Å². The number of aliphatic hydroxyl groups excluding tert-OH is 1. The van der Waals surface area contributed by atoms with Gasteiger partial charge in [-0.2, -0.15) is 39.5 Å². The minimum absolute atomic E-state index is 0.157. The summed E-state index contributed by atoms with van der Waals surface area (Å²) < 4.78 is 163. The van der Waals surface area contributed by atoms with E-state index in [1.54, 1.807) is 0 Å². The molecule has 1 unspecified atom stereocenters. The van der Waals surface area contributed by atoms with Crippen molar-refractivity contribution in [3.8, 4) is 0 Å². The number of amides is 1. The highest BCUT2D eigenvalue weighted by Gasteiger charge is 2.74. The van der Waals surface area contributed by atoms with Gasteiger partial charge >= 0.3 is 24.2 Å². The molecular formula is C25H20F10INO4S. The Morgan fingerprint density at radius 1 is 0.976 bits per heavy atom. The number of nitrogens with zero attached hydrogens (tertiary/aromatic N) is 1. The number of halogens is 11. The first-order valence-corrected chi connectivity index (χ1v) is 14.6. The average Bonchev–Trinajstić information content (AvgIpc) is 3.28. The first kappa shape index (κ1) is 32.8. The van der Waals surface area contributed by atoms with Crippen LogP contribution in [0.3, 0.4) is 0 Å². The van der Waals surface area contributed by atoms with Gasteiger partial charge in [0.15, 0.2) is 15.8 Å². The van der Waals surface area contributed by atoms with Gasteiger partial charge in [0.05, 0.1) is 17.5 Å². The Morgan fingerprint density at radius 2 is 1.55 bits per heavy atom. The molecule has 0 saturated carbocycles. The molecule has 0 aromatic heterocycles. The molecule has 5 nitrogen and oxygen atoms in total.